The van der Waals surface area contributed by atoms with Gasteiger partial charge in [-0.05, 0) is 23.8 Å². The van der Waals surface area contributed by atoms with Gasteiger partial charge in [0, 0.05) is 43.0 Å². The molecule has 2 aromatic rings. The fourth-order valence-electron chi connectivity index (χ4n) is 3.13. The molecular weight excluding hydrogens is 452 g/mol. The van der Waals surface area contributed by atoms with Crippen LogP contribution >= 0.6 is 0 Å². The average molecular weight is 472 g/mol. The number of carbonyl (C=O) groups excluding carboxylic acids is 6. The number of hydrogen-bond donors (Lipinski definition) is 2. The van der Waals surface area contributed by atoms with E-state index in [1.54, 1.807) is 42.5 Å². The molecule has 0 unspecified atom stereocenters. The smallest absolute Gasteiger partial charge is 0.258 e. The van der Waals surface area contributed by atoms with E-state index in [0.29, 0.717) is 17.9 Å². The lowest BCUT2D eigenvalue weighted by Gasteiger charge is -2.16. The van der Waals surface area contributed by atoms with Gasteiger partial charge in [0.1, 0.15) is 0 Å². The Hall–Kier alpha value is -4.96. The van der Waals surface area contributed by atoms with Crippen LogP contribution in [-0.2, 0) is 35.3 Å². The van der Waals surface area contributed by atoms with Gasteiger partial charge < -0.3 is 5.73 Å². The van der Waals surface area contributed by atoms with Gasteiger partial charge in [0.25, 0.3) is 35.4 Å². The van der Waals surface area contributed by atoms with E-state index in [-0.39, 0.29) is 35.4 Å². The Kier molecular flexibility index (Phi) is 7.94. The maximum atomic E-state index is 11.4. The van der Waals surface area contributed by atoms with Gasteiger partial charge in [0.05, 0.1) is 11.4 Å². The first-order chi connectivity index (χ1) is 16.8. The molecule has 3 aliphatic rings. The SMILES string of the molecule is NCc1ccccc1N1C(=O)C=CC1=O.O=C1C=CC(=O)N1.O=C1C=CC(=O)N1c1ccccc1. The number of nitrogens with two attached hydrogens (primary N) is 1. The molecule has 0 bridgehead atoms. The molecule has 0 atom stereocenters. The summed E-state index contributed by atoms with van der Waals surface area (Å²) in [5, 5.41) is 2.03. The molecule has 6 amide bonds. The second-order valence-electron chi connectivity index (χ2n) is 7.05. The van der Waals surface area contributed by atoms with Crippen LogP contribution < -0.4 is 20.9 Å². The molecule has 2 aromatic carbocycles. The molecule has 0 aromatic heterocycles. The predicted molar refractivity (Wildman–Crippen MR) is 126 cm³/mol. The maximum Gasteiger partial charge on any atom is 0.258 e. The molecule has 0 spiro atoms. The zero-order chi connectivity index (χ0) is 25.4. The molecule has 35 heavy (non-hydrogen) atoms. The van der Waals surface area contributed by atoms with E-state index in [1.807, 2.05) is 17.4 Å². The molecule has 0 saturated heterocycles. The summed E-state index contributed by atoms with van der Waals surface area (Å²) in [4.78, 5) is 67.6. The van der Waals surface area contributed by atoms with Crippen molar-refractivity contribution in [3.8, 4) is 0 Å². The fourth-order valence-corrected chi connectivity index (χ4v) is 3.13. The Labute approximate surface area is 200 Å². The number of carbonyl (C=O) groups is 6. The number of hydrogen-bond acceptors (Lipinski definition) is 7. The third-order valence-corrected chi connectivity index (χ3v) is 4.72. The summed E-state index contributed by atoms with van der Waals surface area (Å²) in [5.41, 5.74) is 7.50. The zero-order valence-corrected chi connectivity index (χ0v) is 18.3. The van der Waals surface area contributed by atoms with Crippen molar-refractivity contribution in [3.63, 3.8) is 0 Å². The highest BCUT2D eigenvalue weighted by Crippen LogP contribution is 2.23. The highest BCUT2D eigenvalue weighted by Gasteiger charge is 2.26. The van der Waals surface area contributed by atoms with E-state index >= 15 is 0 Å². The minimum Gasteiger partial charge on any atom is -0.326 e. The van der Waals surface area contributed by atoms with Gasteiger partial charge in [-0.15, -0.1) is 0 Å². The number of amides is 6. The lowest BCUT2D eigenvalue weighted by Crippen LogP contribution is -2.30. The largest absolute Gasteiger partial charge is 0.326 e. The Morgan fingerprint density at radius 1 is 0.571 bits per heavy atom. The van der Waals surface area contributed by atoms with Crippen molar-refractivity contribution in [1.82, 2.24) is 5.32 Å². The summed E-state index contributed by atoms with van der Waals surface area (Å²) >= 11 is 0. The van der Waals surface area contributed by atoms with Crippen LogP contribution in [0.3, 0.4) is 0 Å². The van der Waals surface area contributed by atoms with Gasteiger partial charge in [-0.25, -0.2) is 9.80 Å². The zero-order valence-electron chi connectivity index (χ0n) is 18.3. The molecule has 3 N–H and O–H groups in total. The molecule has 10 nitrogen and oxygen atoms in total. The highest BCUT2D eigenvalue weighted by atomic mass is 16.2. The Morgan fingerprint density at radius 3 is 1.49 bits per heavy atom. The molecule has 3 heterocycles. The van der Waals surface area contributed by atoms with E-state index in [1.165, 1.54) is 36.5 Å². The molecule has 0 radical (unpaired) electrons. The van der Waals surface area contributed by atoms with Crippen LogP contribution in [0.15, 0.2) is 91.1 Å². The lowest BCUT2D eigenvalue weighted by molar-refractivity contribution is -0.124. The first-order valence-electron chi connectivity index (χ1n) is 10.3. The lowest BCUT2D eigenvalue weighted by atomic mass is 10.1. The van der Waals surface area contributed by atoms with Crippen LogP contribution in [0.2, 0.25) is 0 Å². The van der Waals surface area contributed by atoms with E-state index < -0.39 is 0 Å². The van der Waals surface area contributed by atoms with Crippen LogP contribution in [0.1, 0.15) is 5.56 Å². The first-order valence-corrected chi connectivity index (χ1v) is 10.3. The van der Waals surface area contributed by atoms with E-state index in [2.05, 4.69) is 0 Å². The van der Waals surface area contributed by atoms with E-state index in [4.69, 9.17) is 5.73 Å². The summed E-state index contributed by atoms with van der Waals surface area (Å²) < 4.78 is 0. The highest BCUT2D eigenvalue weighted by molar-refractivity contribution is 6.29. The number of benzene rings is 2. The van der Waals surface area contributed by atoms with Crippen LogP contribution in [0, 0.1) is 0 Å². The van der Waals surface area contributed by atoms with E-state index in [9.17, 15) is 28.8 Å². The van der Waals surface area contributed by atoms with Crippen molar-refractivity contribution in [3.05, 3.63) is 96.6 Å². The van der Waals surface area contributed by atoms with Crippen LogP contribution in [0.4, 0.5) is 11.4 Å². The van der Waals surface area contributed by atoms with Gasteiger partial charge in [-0.1, -0.05) is 36.4 Å². The standard InChI is InChI=1S/C11H10N2O2.C10H7NO2.C4H3NO2/c12-7-8-3-1-2-4-9(8)13-10(14)5-6-11(13)15;12-9-6-7-10(13)11(9)8-4-2-1-3-5-8;6-3-1-2-4(7)5-3/h1-6H,7,12H2;1-7H;1-2H,(H,5,6,7). The Balaban J connectivity index is 0.000000156. The molecule has 0 fully saturated rings. The van der Waals surface area contributed by atoms with Crippen molar-refractivity contribution in [2.45, 2.75) is 6.54 Å². The predicted octanol–water partition coefficient (Wildman–Crippen LogP) is 0.890. The monoisotopic (exact) mass is 472 g/mol. The number of rotatable bonds is 3. The summed E-state index contributed by atoms with van der Waals surface area (Å²) in [7, 11) is 0. The van der Waals surface area contributed by atoms with Crippen molar-refractivity contribution in [2.24, 2.45) is 5.73 Å². The number of nitrogens with one attached hydrogen (secondary N) is 1. The molecule has 176 valence electrons. The first kappa shape index (κ1) is 24.7. The number of para-hydroxylation sites is 2. The van der Waals surface area contributed by atoms with Crippen molar-refractivity contribution < 1.29 is 28.8 Å². The van der Waals surface area contributed by atoms with Crippen LogP contribution in [-0.4, -0.2) is 35.4 Å². The van der Waals surface area contributed by atoms with Gasteiger partial charge in [0.2, 0.25) is 0 Å². The van der Waals surface area contributed by atoms with Crippen molar-refractivity contribution in [1.29, 1.82) is 0 Å². The van der Waals surface area contributed by atoms with Crippen LogP contribution in [0.5, 0.6) is 0 Å². The molecule has 0 saturated carbocycles. The summed E-state index contributed by atoms with van der Waals surface area (Å²) in [6.07, 6.45) is 7.46. The maximum absolute atomic E-state index is 11.4. The summed E-state index contributed by atoms with van der Waals surface area (Å²) in [6.45, 7) is 0.299. The van der Waals surface area contributed by atoms with Gasteiger partial charge in [-0.2, -0.15) is 0 Å². The fraction of sp³-hybridized carbons (Fsp3) is 0.0400. The van der Waals surface area contributed by atoms with Crippen molar-refractivity contribution >= 4 is 46.8 Å². The Morgan fingerprint density at radius 2 is 1.03 bits per heavy atom. The summed E-state index contributed by atoms with van der Waals surface area (Å²) in [5.74, 6) is -1.86. The average Bonchev–Trinajstić information content (AvgIpc) is 3.52. The quantitative estimate of drug-likeness (QED) is 0.631. The third kappa shape index (κ3) is 6.09. The minimum absolute atomic E-state index is 0.281. The van der Waals surface area contributed by atoms with Crippen LogP contribution in [0.25, 0.3) is 0 Å². The van der Waals surface area contributed by atoms with Gasteiger partial charge in [0.15, 0.2) is 0 Å². The molecule has 0 aliphatic carbocycles. The topological polar surface area (TPSA) is 147 Å². The normalized spacial score (nSPS) is 15.8. The molecular formula is C25H20N4O6. The van der Waals surface area contributed by atoms with Gasteiger partial charge >= 0.3 is 0 Å². The number of imide groups is 3. The van der Waals surface area contributed by atoms with Crippen molar-refractivity contribution in [2.75, 3.05) is 9.80 Å². The number of nitrogens with zero attached hydrogens (tertiary/aromatic N) is 2. The third-order valence-electron chi connectivity index (χ3n) is 4.72. The molecule has 3 aliphatic heterocycles. The summed E-state index contributed by atoms with van der Waals surface area (Å²) in [6, 6.07) is 16.0. The Bertz CT molecular complexity index is 1230. The molecule has 10 heteroatoms. The van der Waals surface area contributed by atoms with Gasteiger partial charge in [-0.3, -0.25) is 34.1 Å². The second kappa shape index (κ2) is 11.3. The minimum atomic E-state index is -0.329. The second-order valence-corrected chi connectivity index (χ2v) is 7.05. The van der Waals surface area contributed by atoms with E-state index in [0.717, 1.165) is 15.4 Å². The number of anilines is 2. The molecule has 5 rings (SSSR count).